The number of anilines is 1. The summed E-state index contributed by atoms with van der Waals surface area (Å²) in [6.45, 7) is 5.57. The molecule has 0 saturated heterocycles. The number of amides is 1. The van der Waals surface area contributed by atoms with Crippen LogP contribution in [0, 0.1) is 13.8 Å². The Morgan fingerprint density at radius 2 is 1.85 bits per heavy atom. The number of benzene rings is 1. The van der Waals surface area contributed by atoms with Gasteiger partial charge in [0.15, 0.2) is 5.13 Å². The Morgan fingerprint density at radius 3 is 2.46 bits per heavy atom. The molecule has 3 rings (SSSR count). The van der Waals surface area contributed by atoms with E-state index in [0.29, 0.717) is 6.54 Å². The second-order valence-corrected chi connectivity index (χ2v) is 9.69. The molecular formula is C18H21BrClN3OS2. The number of hydrogen-bond acceptors (Lipinski definition) is 5. The van der Waals surface area contributed by atoms with Gasteiger partial charge in [-0.1, -0.05) is 17.4 Å². The number of fused-ring (bicyclic) bond motifs is 1. The molecule has 26 heavy (non-hydrogen) atoms. The third kappa shape index (κ3) is 4.46. The fourth-order valence-electron chi connectivity index (χ4n) is 2.48. The van der Waals surface area contributed by atoms with Gasteiger partial charge in [0.25, 0.3) is 5.91 Å². The summed E-state index contributed by atoms with van der Waals surface area (Å²) >= 11 is 6.47. The molecule has 0 fully saturated rings. The van der Waals surface area contributed by atoms with Gasteiger partial charge in [-0.3, -0.25) is 9.69 Å². The van der Waals surface area contributed by atoms with Crippen LogP contribution >= 0.6 is 51.0 Å². The molecule has 140 valence electrons. The van der Waals surface area contributed by atoms with Crippen LogP contribution in [0.1, 0.15) is 20.8 Å². The van der Waals surface area contributed by atoms with Crippen LogP contribution in [-0.4, -0.2) is 43.0 Å². The number of nitrogens with zero attached hydrogens (tertiary/aromatic N) is 3. The molecule has 0 aliphatic rings. The van der Waals surface area contributed by atoms with E-state index < -0.39 is 0 Å². The van der Waals surface area contributed by atoms with Crippen molar-refractivity contribution in [2.75, 3.05) is 32.1 Å². The highest BCUT2D eigenvalue weighted by atomic mass is 79.9. The standard InChI is InChI=1S/C18H20BrN3OS2.ClH/c1-11-5-6-13-16(12(11)2)20-18(25-13)22(10-9-21(3)4)17(23)14-7-8-15(19)24-14;/h5-8H,9-10H2,1-4H3;1H. The molecule has 0 aliphatic carbocycles. The van der Waals surface area contributed by atoms with E-state index in [9.17, 15) is 4.79 Å². The Kier molecular flexibility index (Phi) is 7.21. The van der Waals surface area contributed by atoms with Crippen LogP contribution in [0.2, 0.25) is 0 Å². The molecule has 0 bridgehead atoms. The number of rotatable bonds is 5. The molecule has 0 unspecified atom stereocenters. The van der Waals surface area contributed by atoms with Crippen molar-refractivity contribution in [3.05, 3.63) is 44.1 Å². The highest BCUT2D eigenvalue weighted by molar-refractivity contribution is 9.11. The highest BCUT2D eigenvalue weighted by Gasteiger charge is 2.23. The van der Waals surface area contributed by atoms with E-state index in [-0.39, 0.29) is 18.3 Å². The van der Waals surface area contributed by atoms with Gasteiger partial charge in [-0.05, 0) is 73.2 Å². The average molecular weight is 475 g/mol. The molecule has 0 aliphatic heterocycles. The molecule has 0 N–H and O–H groups in total. The molecule has 2 heterocycles. The van der Waals surface area contributed by atoms with Gasteiger partial charge in [-0.15, -0.1) is 23.7 Å². The molecule has 1 aromatic carbocycles. The van der Waals surface area contributed by atoms with Gasteiger partial charge in [0.1, 0.15) is 0 Å². The largest absolute Gasteiger partial charge is 0.308 e. The van der Waals surface area contributed by atoms with Gasteiger partial charge in [-0.2, -0.15) is 0 Å². The Morgan fingerprint density at radius 1 is 1.12 bits per heavy atom. The highest BCUT2D eigenvalue weighted by Crippen LogP contribution is 2.33. The summed E-state index contributed by atoms with van der Waals surface area (Å²) in [6.07, 6.45) is 0. The number of hydrogen-bond donors (Lipinski definition) is 0. The van der Waals surface area contributed by atoms with E-state index in [2.05, 4.69) is 46.8 Å². The van der Waals surface area contributed by atoms with Crippen molar-refractivity contribution < 1.29 is 4.79 Å². The fraction of sp³-hybridized carbons (Fsp3) is 0.333. The smallest absolute Gasteiger partial charge is 0.270 e. The zero-order chi connectivity index (χ0) is 18.1. The first-order chi connectivity index (χ1) is 11.9. The summed E-state index contributed by atoms with van der Waals surface area (Å²) in [6, 6.07) is 7.98. The van der Waals surface area contributed by atoms with Crippen molar-refractivity contribution in [3.63, 3.8) is 0 Å². The van der Waals surface area contributed by atoms with Crippen molar-refractivity contribution in [1.29, 1.82) is 0 Å². The zero-order valence-corrected chi connectivity index (χ0v) is 19.1. The molecule has 4 nitrogen and oxygen atoms in total. The lowest BCUT2D eigenvalue weighted by Gasteiger charge is -2.21. The van der Waals surface area contributed by atoms with Crippen molar-refractivity contribution in [2.24, 2.45) is 0 Å². The van der Waals surface area contributed by atoms with Crippen molar-refractivity contribution in [2.45, 2.75) is 13.8 Å². The number of aryl methyl sites for hydroxylation is 2. The van der Waals surface area contributed by atoms with Gasteiger partial charge in [-0.25, -0.2) is 4.98 Å². The monoisotopic (exact) mass is 473 g/mol. The Bertz CT molecular complexity index is 922. The Balaban J connectivity index is 0.00000243. The summed E-state index contributed by atoms with van der Waals surface area (Å²) in [5, 5.41) is 0.764. The maximum atomic E-state index is 13.1. The zero-order valence-electron chi connectivity index (χ0n) is 15.1. The van der Waals surface area contributed by atoms with E-state index in [1.165, 1.54) is 22.5 Å². The first kappa shape index (κ1) is 21.3. The van der Waals surface area contributed by atoms with E-state index in [1.807, 2.05) is 26.2 Å². The number of carbonyl (C=O) groups excluding carboxylic acids is 1. The minimum absolute atomic E-state index is 0. The van der Waals surface area contributed by atoms with Crippen LogP contribution < -0.4 is 4.90 Å². The van der Waals surface area contributed by atoms with Crippen LogP contribution in [0.3, 0.4) is 0 Å². The van der Waals surface area contributed by atoms with Gasteiger partial charge in [0.05, 0.1) is 18.9 Å². The van der Waals surface area contributed by atoms with Crippen molar-refractivity contribution in [3.8, 4) is 0 Å². The third-order valence-electron chi connectivity index (χ3n) is 4.10. The maximum Gasteiger partial charge on any atom is 0.270 e. The summed E-state index contributed by atoms with van der Waals surface area (Å²) in [5.41, 5.74) is 3.39. The normalized spacial score (nSPS) is 11.0. The van der Waals surface area contributed by atoms with Crippen LogP contribution in [0.5, 0.6) is 0 Å². The number of thiazole rings is 1. The molecule has 8 heteroatoms. The summed E-state index contributed by atoms with van der Waals surface area (Å²) in [5.74, 6) is 0.00554. The quantitative estimate of drug-likeness (QED) is 0.499. The SMILES string of the molecule is Cc1ccc2sc(N(CCN(C)C)C(=O)c3ccc(Br)s3)nc2c1C.Cl. The lowest BCUT2D eigenvalue weighted by Crippen LogP contribution is -2.36. The minimum Gasteiger partial charge on any atom is -0.308 e. The Hall–Kier alpha value is -0.990. The first-order valence-electron chi connectivity index (χ1n) is 7.95. The average Bonchev–Trinajstić information content (AvgIpc) is 3.17. The fourth-order valence-corrected chi connectivity index (χ4v) is 4.86. The molecule has 0 saturated carbocycles. The van der Waals surface area contributed by atoms with Crippen LogP contribution in [0.15, 0.2) is 28.1 Å². The van der Waals surface area contributed by atoms with Crippen molar-refractivity contribution in [1.82, 2.24) is 9.88 Å². The predicted octanol–water partition coefficient (Wildman–Crippen LogP) is 5.37. The van der Waals surface area contributed by atoms with E-state index in [0.717, 1.165) is 30.6 Å². The minimum atomic E-state index is 0. The van der Waals surface area contributed by atoms with Crippen molar-refractivity contribution >= 4 is 72.3 Å². The molecule has 0 radical (unpaired) electrons. The van der Waals surface area contributed by atoms with E-state index in [1.54, 1.807) is 16.2 Å². The molecular weight excluding hydrogens is 454 g/mol. The molecule has 0 atom stereocenters. The lowest BCUT2D eigenvalue weighted by molar-refractivity contribution is 0.0989. The maximum absolute atomic E-state index is 13.1. The Labute approximate surface area is 176 Å². The third-order valence-corrected chi connectivity index (χ3v) is 6.76. The summed E-state index contributed by atoms with van der Waals surface area (Å²) in [7, 11) is 4.02. The summed E-state index contributed by atoms with van der Waals surface area (Å²) < 4.78 is 2.08. The first-order valence-corrected chi connectivity index (χ1v) is 10.4. The van der Waals surface area contributed by atoms with Gasteiger partial charge >= 0.3 is 0 Å². The lowest BCUT2D eigenvalue weighted by atomic mass is 10.1. The summed E-state index contributed by atoms with van der Waals surface area (Å²) in [4.78, 5) is 22.5. The van der Waals surface area contributed by atoms with Gasteiger partial charge in [0, 0.05) is 13.1 Å². The molecule has 2 aromatic heterocycles. The molecule has 3 aromatic rings. The van der Waals surface area contributed by atoms with Crippen LogP contribution in [-0.2, 0) is 0 Å². The number of likely N-dealkylation sites (N-methyl/N-ethyl adjacent to an activating group) is 1. The van der Waals surface area contributed by atoms with Gasteiger partial charge in [0.2, 0.25) is 0 Å². The second-order valence-electron chi connectivity index (χ2n) is 6.21. The number of thiophene rings is 1. The number of aromatic nitrogens is 1. The molecule has 1 amide bonds. The van der Waals surface area contributed by atoms with E-state index in [4.69, 9.17) is 4.98 Å². The predicted molar refractivity (Wildman–Crippen MR) is 119 cm³/mol. The van der Waals surface area contributed by atoms with Crippen LogP contribution in [0.4, 0.5) is 5.13 Å². The number of halogens is 2. The number of carbonyl (C=O) groups is 1. The van der Waals surface area contributed by atoms with Gasteiger partial charge < -0.3 is 4.90 Å². The molecule has 0 spiro atoms. The van der Waals surface area contributed by atoms with Crippen LogP contribution in [0.25, 0.3) is 10.2 Å². The topological polar surface area (TPSA) is 36.4 Å². The second kappa shape index (κ2) is 8.80. The van der Waals surface area contributed by atoms with E-state index >= 15 is 0 Å².